The summed E-state index contributed by atoms with van der Waals surface area (Å²) < 4.78 is 0. The van der Waals surface area contributed by atoms with E-state index < -0.39 is 0 Å². The summed E-state index contributed by atoms with van der Waals surface area (Å²) in [6.45, 7) is 5.51. The van der Waals surface area contributed by atoms with E-state index in [4.69, 9.17) is 0 Å². The molecule has 2 nitrogen and oxygen atoms in total. The van der Waals surface area contributed by atoms with E-state index in [1.54, 1.807) is 12.3 Å². The van der Waals surface area contributed by atoms with Crippen LogP contribution in [0.1, 0.15) is 13.3 Å². The lowest BCUT2D eigenvalue weighted by Gasteiger charge is -2.03. The molecule has 0 bridgehead atoms. The maximum Gasteiger partial charge on any atom is 0.186 e. The van der Waals surface area contributed by atoms with E-state index in [1.165, 1.54) is 0 Å². The summed E-state index contributed by atoms with van der Waals surface area (Å²) in [5.41, 5.74) is 0.701. The minimum absolute atomic E-state index is 0.00648. The molecule has 0 amide bonds. The third-order valence-corrected chi connectivity index (χ3v) is 1.67. The van der Waals surface area contributed by atoms with Gasteiger partial charge in [-0.25, -0.2) is 0 Å². The summed E-state index contributed by atoms with van der Waals surface area (Å²) in [4.78, 5) is 11.2. The second kappa shape index (κ2) is 2.69. The molecular weight excluding hydrogens is 126 g/mol. The number of ketones is 1. The minimum atomic E-state index is -0.00648. The second-order valence-electron chi connectivity index (χ2n) is 2.30. The van der Waals surface area contributed by atoms with Gasteiger partial charge in [0.1, 0.15) is 0 Å². The summed E-state index contributed by atoms with van der Waals surface area (Å²) in [7, 11) is 0. The molecule has 0 aliphatic carbocycles. The van der Waals surface area contributed by atoms with Gasteiger partial charge in [-0.1, -0.05) is 19.6 Å². The zero-order chi connectivity index (χ0) is 7.56. The molecule has 54 valence electrons. The average Bonchev–Trinajstić information content (AvgIpc) is 2.30. The Labute approximate surface area is 60.6 Å². The lowest BCUT2D eigenvalue weighted by molar-refractivity contribution is -0.116. The van der Waals surface area contributed by atoms with E-state index in [1.807, 2.05) is 6.92 Å². The van der Waals surface area contributed by atoms with Crippen LogP contribution in [0.3, 0.4) is 0 Å². The average molecular weight is 137 g/mol. The normalized spacial score (nSPS) is 23.9. The number of hydrogen-bond acceptors (Lipinski definition) is 2. The third kappa shape index (κ3) is 0.967. The quantitative estimate of drug-likeness (QED) is 0.615. The van der Waals surface area contributed by atoms with Crippen molar-refractivity contribution >= 4 is 5.78 Å². The number of rotatable bonds is 2. The van der Waals surface area contributed by atoms with E-state index in [-0.39, 0.29) is 11.8 Å². The molecule has 0 aromatic rings. The molecule has 2 heteroatoms. The van der Waals surface area contributed by atoms with Gasteiger partial charge in [0.05, 0.1) is 6.04 Å². The fraction of sp³-hybridized carbons (Fsp3) is 0.375. The van der Waals surface area contributed by atoms with Crippen LogP contribution in [-0.2, 0) is 4.79 Å². The number of allylic oxidation sites excluding steroid dienone is 1. The van der Waals surface area contributed by atoms with Gasteiger partial charge in [0.2, 0.25) is 0 Å². The maximum absolute atomic E-state index is 11.2. The molecule has 1 heterocycles. The van der Waals surface area contributed by atoms with Crippen molar-refractivity contribution in [3.05, 3.63) is 24.4 Å². The molecule has 10 heavy (non-hydrogen) atoms. The molecule has 0 spiro atoms. The zero-order valence-electron chi connectivity index (χ0n) is 6.05. The molecule has 1 aliphatic rings. The molecule has 1 aliphatic heterocycles. The van der Waals surface area contributed by atoms with Crippen LogP contribution in [0.15, 0.2) is 24.4 Å². The Morgan fingerprint density at radius 1 is 1.90 bits per heavy atom. The number of hydrogen-bond donors (Lipinski definition) is 1. The fourth-order valence-electron chi connectivity index (χ4n) is 1.00. The van der Waals surface area contributed by atoms with Gasteiger partial charge in [0.25, 0.3) is 0 Å². The van der Waals surface area contributed by atoms with Crippen molar-refractivity contribution in [3.8, 4) is 0 Å². The van der Waals surface area contributed by atoms with Gasteiger partial charge in [0.15, 0.2) is 5.78 Å². The molecule has 1 N–H and O–H groups in total. The number of carbonyl (C=O) groups excluding carboxylic acids is 1. The SMILES string of the molecule is C=CC1=CNC(CC)C1=O. The van der Waals surface area contributed by atoms with Crippen LogP contribution in [0.2, 0.25) is 0 Å². The zero-order valence-corrected chi connectivity index (χ0v) is 6.05. The number of Topliss-reactive ketones (excluding diaryl/α,β-unsaturated/α-hetero) is 1. The third-order valence-electron chi connectivity index (χ3n) is 1.67. The van der Waals surface area contributed by atoms with E-state index in [0.29, 0.717) is 5.57 Å². The summed E-state index contributed by atoms with van der Waals surface area (Å²) >= 11 is 0. The minimum Gasteiger partial charge on any atom is -0.380 e. The molecule has 0 aromatic heterocycles. The number of nitrogens with one attached hydrogen (secondary N) is 1. The lowest BCUT2D eigenvalue weighted by atomic mass is 10.1. The summed E-state index contributed by atoms with van der Waals surface area (Å²) in [5.74, 6) is 0.164. The van der Waals surface area contributed by atoms with Crippen molar-refractivity contribution in [2.24, 2.45) is 0 Å². The fourth-order valence-corrected chi connectivity index (χ4v) is 1.00. The molecule has 0 aromatic carbocycles. The Bertz CT molecular complexity index is 193. The summed E-state index contributed by atoms with van der Waals surface area (Å²) in [5, 5.41) is 2.97. The smallest absolute Gasteiger partial charge is 0.186 e. The molecule has 1 rings (SSSR count). The van der Waals surface area contributed by atoms with Crippen LogP contribution < -0.4 is 5.32 Å². The Kier molecular flexibility index (Phi) is 1.90. The van der Waals surface area contributed by atoms with Crippen LogP contribution in [-0.4, -0.2) is 11.8 Å². The van der Waals surface area contributed by atoms with Gasteiger partial charge in [-0.15, -0.1) is 0 Å². The first-order valence-electron chi connectivity index (χ1n) is 3.42. The van der Waals surface area contributed by atoms with Gasteiger partial charge in [0, 0.05) is 11.8 Å². The highest BCUT2D eigenvalue weighted by molar-refractivity contribution is 6.03. The lowest BCUT2D eigenvalue weighted by Crippen LogP contribution is -2.26. The molecule has 0 saturated carbocycles. The van der Waals surface area contributed by atoms with Gasteiger partial charge >= 0.3 is 0 Å². The van der Waals surface area contributed by atoms with Crippen LogP contribution in [0, 0.1) is 0 Å². The van der Waals surface area contributed by atoms with Crippen LogP contribution in [0.25, 0.3) is 0 Å². The van der Waals surface area contributed by atoms with Gasteiger partial charge in [-0.05, 0) is 6.42 Å². The molecular formula is C8H11NO. The van der Waals surface area contributed by atoms with Crippen LogP contribution in [0.4, 0.5) is 0 Å². The largest absolute Gasteiger partial charge is 0.380 e. The maximum atomic E-state index is 11.2. The highest BCUT2D eigenvalue weighted by Gasteiger charge is 2.22. The van der Waals surface area contributed by atoms with E-state index >= 15 is 0 Å². The monoisotopic (exact) mass is 137 g/mol. The molecule has 0 saturated heterocycles. The highest BCUT2D eigenvalue weighted by Crippen LogP contribution is 2.10. The highest BCUT2D eigenvalue weighted by atomic mass is 16.1. The van der Waals surface area contributed by atoms with Crippen LogP contribution >= 0.6 is 0 Å². The predicted molar refractivity (Wildman–Crippen MR) is 40.5 cm³/mol. The Hall–Kier alpha value is -1.05. The number of carbonyl (C=O) groups is 1. The van der Waals surface area contributed by atoms with Crippen molar-refractivity contribution < 1.29 is 4.79 Å². The summed E-state index contributed by atoms with van der Waals surface area (Å²) in [6.07, 6.45) is 4.15. The first kappa shape index (κ1) is 7.06. The molecule has 0 fully saturated rings. The predicted octanol–water partition coefficient (Wildman–Crippen LogP) is 1.01. The molecule has 0 radical (unpaired) electrons. The van der Waals surface area contributed by atoms with E-state index in [2.05, 4.69) is 11.9 Å². The Balaban J connectivity index is 2.69. The van der Waals surface area contributed by atoms with E-state index in [9.17, 15) is 4.79 Å². The van der Waals surface area contributed by atoms with E-state index in [0.717, 1.165) is 6.42 Å². The molecule has 1 atom stereocenters. The van der Waals surface area contributed by atoms with Gasteiger partial charge in [-0.3, -0.25) is 4.79 Å². The van der Waals surface area contributed by atoms with Crippen LogP contribution in [0.5, 0.6) is 0 Å². The second-order valence-corrected chi connectivity index (χ2v) is 2.30. The summed E-state index contributed by atoms with van der Waals surface area (Å²) in [6, 6.07) is -0.00648. The Morgan fingerprint density at radius 2 is 2.60 bits per heavy atom. The van der Waals surface area contributed by atoms with Gasteiger partial charge < -0.3 is 5.32 Å². The van der Waals surface area contributed by atoms with Crippen molar-refractivity contribution in [1.29, 1.82) is 0 Å². The first-order chi connectivity index (χ1) is 4.79. The topological polar surface area (TPSA) is 29.1 Å². The van der Waals surface area contributed by atoms with Gasteiger partial charge in [-0.2, -0.15) is 0 Å². The standard InChI is InChI=1S/C8H11NO/c1-3-6-5-9-7(4-2)8(6)10/h3,5,7,9H,1,4H2,2H3. The molecule has 1 unspecified atom stereocenters. The van der Waals surface area contributed by atoms with Crippen molar-refractivity contribution in [1.82, 2.24) is 5.32 Å². The first-order valence-corrected chi connectivity index (χ1v) is 3.42. The Morgan fingerprint density at radius 3 is 2.90 bits per heavy atom. The van der Waals surface area contributed by atoms with Crippen molar-refractivity contribution in [3.63, 3.8) is 0 Å². The van der Waals surface area contributed by atoms with Crippen molar-refractivity contribution in [2.75, 3.05) is 0 Å². The van der Waals surface area contributed by atoms with Crippen molar-refractivity contribution in [2.45, 2.75) is 19.4 Å².